The molecule has 0 amide bonds. The fourth-order valence-corrected chi connectivity index (χ4v) is 3.05. The number of nitrogens with two attached hydrogens (primary N) is 1. The fraction of sp³-hybridized carbons (Fsp3) is 0.235. The molecule has 0 spiro atoms. The summed E-state index contributed by atoms with van der Waals surface area (Å²) in [7, 11) is 1.81. The summed E-state index contributed by atoms with van der Waals surface area (Å²) < 4.78 is 5.97. The Hall–Kier alpha value is -2.53. The minimum Gasteiger partial charge on any atom is -0.481 e. The number of para-hydroxylation sites is 1. The van der Waals surface area contributed by atoms with E-state index in [1.165, 1.54) is 0 Å². The maximum Gasteiger partial charge on any atom is 0.311 e. The third-order valence-electron chi connectivity index (χ3n) is 4.00. The van der Waals surface area contributed by atoms with Crippen molar-refractivity contribution < 1.29 is 14.6 Å². The molecular formula is C17H18N2O3. The van der Waals surface area contributed by atoms with Crippen LogP contribution in [0.4, 0.5) is 5.69 Å². The molecule has 4 N–H and O–H groups in total. The third-order valence-corrected chi connectivity index (χ3v) is 4.00. The van der Waals surface area contributed by atoms with E-state index in [9.17, 15) is 9.90 Å². The SMILES string of the molecule is CNCC1c2cc(N)ccc2Oc2ccccc2[C@H]1C(=O)O. The lowest BCUT2D eigenvalue weighted by atomic mass is 9.81. The molecule has 114 valence electrons. The molecule has 2 aromatic rings. The van der Waals surface area contributed by atoms with Crippen molar-refractivity contribution in [1.82, 2.24) is 5.32 Å². The van der Waals surface area contributed by atoms with Gasteiger partial charge in [0, 0.05) is 29.3 Å². The molecule has 1 aliphatic rings. The number of rotatable bonds is 3. The predicted molar refractivity (Wildman–Crippen MR) is 84.4 cm³/mol. The van der Waals surface area contributed by atoms with Crippen molar-refractivity contribution in [2.45, 2.75) is 11.8 Å². The molecule has 5 heteroatoms. The molecule has 0 saturated carbocycles. The first-order valence-corrected chi connectivity index (χ1v) is 7.15. The second kappa shape index (κ2) is 5.69. The van der Waals surface area contributed by atoms with Gasteiger partial charge in [-0.25, -0.2) is 0 Å². The van der Waals surface area contributed by atoms with Crippen molar-refractivity contribution in [2.24, 2.45) is 0 Å². The molecule has 0 aliphatic carbocycles. The van der Waals surface area contributed by atoms with E-state index in [4.69, 9.17) is 10.5 Å². The van der Waals surface area contributed by atoms with E-state index in [2.05, 4.69) is 5.32 Å². The van der Waals surface area contributed by atoms with Gasteiger partial charge in [-0.05, 0) is 31.3 Å². The molecule has 0 fully saturated rings. The average Bonchev–Trinajstić information content (AvgIpc) is 2.62. The molecule has 2 atom stereocenters. The highest BCUT2D eigenvalue weighted by Crippen LogP contribution is 2.46. The zero-order valence-electron chi connectivity index (χ0n) is 12.2. The molecular weight excluding hydrogens is 280 g/mol. The van der Waals surface area contributed by atoms with Crippen molar-refractivity contribution in [3.8, 4) is 11.5 Å². The Morgan fingerprint density at radius 2 is 1.95 bits per heavy atom. The Morgan fingerprint density at radius 3 is 2.68 bits per heavy atom. The minimum absolute atomic E-state index is 0.260. The molecule has 3 rings (SSSR count). The molecule has 1 unspecified atom stereocenters. The molecule has 1 heterocycles. The van der Waals surface area contributed by atoms with Crippen LogP contribution in [0.15, 0.2) is 42.5 Å². The first-order valence-electron chi connectivity index (χ1n) is 7.15. The van der Waals surface area contributed by atoms with Crippen LogP contribution in [0.25, 0.3) is 0 Å². The zero-order valence-corrected chi connectivity index (χ0v) is 12.2. The Bertz CT molecular complexity index is 715. The molecule has 22 heavy (non-hydrogen) atoms. The summed E-state index contributed by atoms with van der Waals surface area (Å²) in [5.41, 5.74) is 7.99. The van der Waals surface area contributed by atoms with Crippen LogP contribution in [-0.2, 0) is 4.79 Å². The van der Waals surface area contributed by atoms with E-state index < -0.39 is 11.9 Å². The van der Waals surface area contributed by atoms with E-state index in [0.29, 0.717) is 29.3 Å². The Morgan fingerprint density at radius 1 is 1.23 bits per heavy atom. The summed E-state index contributed by atoms with van der Waals surface area (Å²) in [5, 5.41) is 12.9. The molecule has 0 saturated heterocycles. The molecule has 1 aliphatic heterocycles. The van der Waals surface area contributed by atoms with Crippen LogP contribution in [0.2, 0.25) is 0 Å². The van der Waals surface area contributed by atoms with Crippen LogP contribution in [0, 0.1) is 0 Å². The standard InChI is InChI=1S/C17H18N2O3/c1-19-9-13-12-8-10(18)6-7-15(12)22-14-5-3-2-4-11(14)16(13)17(20)21/h2-8,13,16,19H,9,18H2,1H3,(H,20,21)/t13?,16-/m1/s1. The van der Waals surface area contributed by atoms with Gasteiger partial charge >= 0.3 is 5.97 Å². The van der Waals surface area contributed by atoms with Gasteiger partial charge in [0.2, 0.25) is 0 Å². The highest BCUT2D eigenvalue weighted by atomic mass is 16.5. The topological polar surface area (TPSA) is 84.6 Å². The summed E-state index contributed by atoms with van der Waals surface area (Å²) >= 11 is 0. The number of carboxylic acids is 1. The number of ether oxygens (including phenoxy) is 1. The van der Waals surface area contributed by atoms with E-state index in [1.54, 1.807) is 24.3 Å². The van der Waals surface area contributed by atoms with Crippen LogP contribution in [0.5, 0.6) is 11.5 Å². The summed E-state index contributed by atoms with van der Waals surface area (Å²) in [4.78, 5) is 11.9. The van der Waals surface area contributed by atoms with Gasteiger partial charge in [0.15, 0.2) is 0 Å². The number of carbonyl (C=O) groups is 1. The zero-order chi connectivity index (χ0) is 15.7. The van der Waals surface area contributed by atoms with Gasteiger partial charge in [-0.15, -0.1) is 0 Å². The second-order valence-corrected chi connectivity index (χ2v) is 5.42. The summed E-state index contributed by atoms with van der Waals surface area (Å²) in [5.74, 6) is -0.576. The number of hydrogen-bond acceptors (Lipinski definition) is 4. The highest BCUT2D eigenvalue weighted by molar-refractivity contribution is 5.80. The van der Waals surface area contributed by atoms with Crippen molar-refractivity contribution in [3.05, 3.63) is 53.6 Å². The number of nitrogens with one attached hydrogen (secondary N) is 1. The number of likely N-dealkylation sites (N-methyl/N-ethyl adjacent to an activating group) is 1. The van der Waals surface area contributed by atoms with Crippen molar-refractivity contribution in [1.29, 1.82) is 0 Å². The van der Waals surface area contributed by atoms with E-state index in [0.717, 1.165) is 5.56 Å². The number of carboxylic acid groups (broad SMARTS) is 1. The van der Waals surface area contributed by atoms with Gasteiger partial charge < -0.3 is 20.9 Å². The van der Waals surface area contributed by atoms with Crippen molar-refractivity contribution >= 4 is 11.7 Å². The van der Waals surface area contributed by atoms with Crippen LogP contribution in [0.1, 0.15) is 23.0 Å². The van der Waals surface area contributed by atoms with Crippen molar-refractivity contribution in [2.75, 3.05) is 19.3 Å². The smallest absolute Gasteiger partial charge is 0.311 e. The monoisotopic (exact) mass is 298 g/mol. The lowest BCUT2D eigenvalue weighted by Gasteiger charge is -2.23. The Labute approximate surface area is 128 Å². The summed E-state index contributed by atoms with van der Waals surface area (Å²) in [6.07, 6.45) is 0. The number of nitrogen functional groups attached to an aromatic ring is 1. The van der Waals surface area contributed by atoms with Gasteiger partial charge in [0.05, 0.1) is 5.92 Å². The maximum absolute atomic E-state index is 11.9. The summed E-state index contributed by atoms with van der Waals surface area (Å²) in [6, 6.07) is 12.7. The molecule has 0 aromatic heterocycles. The number of anilines is 1. The second-order valence-electron chi connectivity index (χ2n) is 5.42. The van der Waals surface area contributed by atoms with E-state index in [1.807, 2.05) is 25.2 Å². The number of hydrogen-bond donors (Lipinski definition) is 3. The molecule has 0 radical (unpaired) electrons. The fourth-order valence-electron chi connectivity index (χ4n) is 3.05. The summed E-state index contributed by atoms with van der Waals surface area (Å²) in [6.45, 7) is 0.519. The number of fused-ring (bicyclic) bond motifs is 2. The minimum atomic E-state index is -0.869. The third kappa shape index (κ3) is 2.40. The molecule has 2 aromatic carbocycles. The maximum atomic E-state index is 11.9. The molecule has 5 nitrogen and oxygen atoms in total. The van der Waals surface area contributed by atoms with Gasteiger partial charge in [0.25, 0.3) is 0 Å². The average molecular weight is 298 g/mol. The normalized spacial score (nSPS) is 19.5. The van der Waals surface area contributed by atoms with Crippen LogP contribution >= 0.6 is 0 Å². The van der Waals surface area contributed by atoms with Gasteiger partial charge in [-0.2, -0.15) is 0 Å². The first kappa shape index (κ1) is 14.4. The van der Waals surface area contributed by atoms with E-state index in [-0.39, 0.29) is 5.92 Å². The number of aliphatic carboxylic acids is 1. The molecule has 0 bridgehead atoms. The van der Waals surface area contributed by atoms with Gasteiger partial charge in [-0.3, -0.25) is 4.79 Å². The van der Waals surface area contributed by atoms with E-state index >= 15 is 0 Å². The van der Waals surface area contributed by atoms with Gasteiger partial charge in [0.1, 0.15) is 11.5 Å². The van der Waals surface area contributed by atoms with Crippen molar-refractivity contribution in [3.63, 3.8) is 0 Å². The van der Waals surface area contributed by atoms with Crippen LogP contribution < -0.4 is 15.8 Å². The highest BCUT2D eigenvalue weighted by Gasteiger charge is 2.37. The Kier molecular flexibility index (Phi) is 3.73. The Balaban J connectivity index is 2.24. The lowest BCUT2D eigenvalue weighted by molar-refractivity contribution is -0.139. The quantitative estimate of drug-likeness (QED) is 0.758. The largest absolute Gasteiger partial charge is 0.481 e. The predicted octanol–water partition coefficient (Wildman–Crippen LogP) is 2.55. The number of benzene rings is 2. The lowest BCUT2D eigenvalue weighted by Crippen LogP contribution is -2.27. The van der Waals surface area contributed by atoms with Crippen LogP contribution in [0.3, 0.4) is 0 Å². The first-order chi connectivity index (χ1) is 10.6. The van der Waals surface area contributed by atoms with Gasteiger partial charge in [-0.1, -0.05) is 18.2 Å². The van der Waals surface area contributed by atoms with Crippen LogP contribution in [-0.4, -0.2) is 24.7 Å².